The molecule has 0 saturated carbocycles. The van der Waals surface area contributed by atoms with E-state index in [9.17, 15) is 4.79 Å². The minimum atomic E-state index is -0.191. The third-order valence-electron chi connectivity index (χ3n) is 2.02. The molecule has 1 heterocycles. The molecule has 0 aliphatic heterocycles. The first kappa shape index (κ1) is 12.2. The maximum absolute atomic E-state index is 11.5. The minimum absolute atomic E-state index is 0.191. The van der Waals surface area contributed by atoms with Gasteiger partial charge in [-0.1, -0.05) is 9.59 Å². The average molecular weight is 265 g/mol. The number of nitrogens with one attached hydrogen (secondary N) is 1. The zero-order valence-corrected chi connectivity index (χ0v) is 10.2. The van der Waals surface area contributed by atoms with Crippen LogP contribution in [0.2, 0.25) is 0 Å². The minimum Gasteiger partial charge on any atom is -0.493 e. The molecular formula is C10H11N5O2S. The zero-order chi connectivity index (χ0) is 12.8. The Hall–Kier alpha value is -2.22. The molecule has 0 bridgehead atoms. The highest BCUT2D eigenvalue weighted by Gasteiger charge is 2.05. The van der Waals surface area contributed by atoms with Crippen LogP contribution in [-0.4, -0.2) is 27.3 Å². The highest BCUT2D eigenvalue weighted by Crippen LogP contribution is 2.13. The Labute approximate surface area is 107 Å². The van der Waals surface area contributed by atoms with E-state index < -0.39 is 0 Å². The summed E-state index contributed by atoms with van der Waals surface area (Å²) in [5.41, 5.74) is 6.21. The van der Waals surface area contributed by atoms with Gasteiger partial charge in [0.05, 0.1) is 13.0 Å². The Morgan fingerprint density at radius 2 is 2.17 bits per heavy atom. The van der Waals surface area contributed by atoms with Crippen molar-refractivity contribution in [3.05, 3.63) is 24.3 Å². The molecule has 1 aromatic heterocycles. The summed E-state index contributed by atoms with van der Waals surface area (Å²) in [6.45, 7) is 0.280. The van der Waals surface area contributed by atoms with Gasteiger partial charge in [-0.2, -0.15) is 0 Å². The Balaban J connectivity index is 1.72. The second-order valence-corrected chi connectivity index (χ2v) is 4.12. The number of carbonyl (C=O) groups is 1. The number of hydrogen-bond acceptors (Lipinski definition) is 7. The Bertz CT molecular complexity index is 499. The first-order chi connectivity index (χ1) is 8.74. The number of rotatable bonds is 5. The molecule has 2 aromatic rings. The van der Waals surface area contributed by atoms with Crippen molar-refractivity contribution in [2.75, 3.05) is 17.7 Å². The molecule has 0 atom stereocenters. The van der Waals surface area contributed by atoms with Crippen molar-refractivity contribution in [2.45, 2.75) is 6.42 Å². The molecule has 0 radical (unpaired) electrons. The number of nitrogen functional groups attached to an aromatic ring is 1. The molecule has 8 heteroatoms. The van der Waals surface area contributed by atoms with Crippen LogP contribution in [0.25, 0.3) is 0 Å². The summed E-state index contributed by atoms with van der Waals surface area (Å²) in [5.74, 6) is 0.485. The number of hydrogen-bond donors (Lipinski definition) is 2. The van der Waals surface area contributed by atoms with E-state index in [0.29, 0.717) is 16.6 Å². The molecule has 3 N–H and O–H groups in total. The van der Waals surface area contributed by atoms with Crippen molar-refractivity contribution in [3.63, 3.8) is 0 Å². The zero-order valence-electron chi connectivity index (χ0n) is 9.37. The van der Waals surface area contributed by atoms with Gasteiger partial charge < -0.3 is 10.5 Å². The summed E-state index contributed by atoms with van der Waals surface area (Å²) in [5, 5.41) is 9.92. The number of anilines is 2. The third kappa shape index (κ3) is 3.67. The van der Waals surface area contributed by atoms with Crippen LogP contribution in [-0.2, 0) is 4.79 Å². The number of carbonyl (C=O) groups excluding carboxylic acids is 1. The standard InChI is InChI=1S/C10H11N5O2S/c11-7-1-3-8(4-2-7)17-6-5-9(16)12-10-13-14-15-18-10/h1-4H,5-6,11H2,(H,12,13,15,16). The lowest BCUT2D eigenvalue weighted by atomic mass is 10.3. The van der Waals surface area contributed by atoms with Gasteiger partial charge in [0.15, 0.2) is 0 Å². The van der Waals surface area contributed by atoms with Gasteiger partial charge >= 0.3 is 0 Å². The quantitative estimate of drug-likeness (QED) is 0.779. The van der Waals surface area contributed by atoms with Crippen molar-refractivity contribution in [1.29, 1.82) is 0 Å². The molecular weight excluding hydrogens is 254 g/mol. The summed E-state index contributed by atoms with van der Waals surface area (Å²) in [7, 11) is 0. The predicted octanol–water partition coefficient (Wildman–Crippen LogP) is 0.923. The number of benzene rings is 1. The van der Waals surface area contributed by atoms with E-state index in [4.69, 9.17) is 10.5 Å². The molecule has 1 amide bonds. The molecule has 0 saturated heterocycles. The molecule has 0 unspecified atom stereocenters. The SMILES string of the molecule is Nc1ccc(OCCC(=O)Nc2nnns2)cc1. The van der Waals surface area contributed by atoms with Crippen LogP contribution in [0.5, 0.6) is 5.75 Å². The number of ether oxygens (including phenoxy) is 1. The molecule has 18 heavy (non-hydrogen) atoms. The van der Waals surface area contributed by atoms with E-state index >= 15 is 0 Å². The van der Waals surface area contributed by atoms with Crippen LogP contribution in [0, 0.1) is 0 Å². The molecule has 0 fully saturated rings. The van der Waals surface area contributed by atoms with Gasteiger partial charge in [-0.05, 0) is 29.5 Å². The average Bonchev–Trinajstić information content (AvgIpc) is 2.84. The lowest BCUT2D eigenvalue weighted by molar-refractivity contribution is -0.116. The smallest absolute Gasteiger partial charge is 0.231 e. The van der Waals surface area contributed by atoms with Crippen LogP contribution in [0.4, 0.5) is 10.8 Å². The van der Waals surface area contributed by atoms with E-state index in [2.05, 4.69) is 20.1 Å². The normalized spacial score (nSPS) is 10.0. The fourth-order valence-electron chi connectivity index (χ4n) is 1.19. The van der Waals surface area contributed by atoms with Crippen molar-refractivity contribution < 1.29 is 9.53 Å². The van der Waals surface area contributed by atoms with Crippen molar-refractivity contribution in [3.8, 4) is 5.75 Å². The summed E-state index contributed by atoms with van der Waals surface area (Å²) < 4.78 is 8.92. The summed E-state index contributed by atoms with van der Waals surface area (Å²) in [6, 6.07) is 6.98. The Kier molecular flexibility index (Phi) is 4.02. The molecule has 0 spiro atoms. The fourth-order valence-corrected chi connectivity index (χ4v) is 1.57. The summed E-state index contributed by atoms with van der Waals surface area (Å²) in [6.07, 6.45) is 0.226. The highest BCUT2D eigenvalue weighted by molar-refractivity contribution is 7.09. The predicted molar refractivity (Wildman–Crippen MR) is 67.3 cm³/mol. The summed E-state index contributed by atoms with van der Waals surface area (Å²) >= 11 is 1.02. The van der Waals surface area contributed by atoms with E-state index in [-0.39, 0.29) is 18.9 Å². The Morgan fingerprint density at radius 1 is 1.39 bits per heavy atom. The molecule has 1 aromatic carbocycles. The van der Waals surface area contributed by atoms with Crippen LogP contribution >= 0.6 is 11.5 Å². The first-order valence-corrected chi connectivity index (χ1v) is 5.94. The largest absolute Gasteiger partial charge is 0.493 e. The first-order valence-electron chi connectivity index (χ1n) is 5.17. The molecule has 0 aliphatic carbocycles. The van der Waals surface area contributed by atoms with Crippen molar-refractivity contribution >= 4 is 28.3 Å². The molecule has 94 valence electrons. The third-order valence-corrected chi connectivity index (χ3v) is 2.53. The summed E-state index contributed by atoms with van der Waals surface area (Å²) in [4.78, 5) is 11.5. The van der Waals surface area contributed by atoms with Gasteiger partial charge in [0.25, 0.3) is 0 Å². The van der Waals surface area contributed by atoms with E-state index in [1.807, 2.05) is 0 Å². The lowest BCUT2D eigenvalue weighted by Gasteiger charge is -2.05. The second-order valence-electron chi connectivity index (χ2n) is 3.38. The van der Waals surface area contributed by atoms with Crippen LogP contribution in [0.3, 0.4) is 0 Å². The van der Waals surface area contributed by atoms with Crippen LogP contribution < -0.4 is 15.8 Å². The van der Waals surface area contributed by atoms with Crippen LogP contribution in [0.15, 0.2) is 24.3 Å². The lowest BCUT2D eigenvalue weighted by Crippen LogP contribution is -2.15. The maximum atomic E-state index is 11.5. The fraction of sp³-hybridized carbons (Fsp3) is 0.200. The second kappa shape index (κ2) is 5.92. The number of aromatic nitrogens is 3. The van der Waals surface area contributed by atoms with E-state index in [1.165, 1.54) is 0 Å². The highest BCUT2D eigenvalue weighted by atomic mass is 32.1. The van der Waals surface area contributed by atoms with Gasteiger partial charge in [-0.3, -0.25) is 10.1 Å². The number of amides is 1. The van der Waals surface area contributed by atoms with Crippen molar-refractivity contribution in [2.24, 2.45) is 0 Å². The van der Waals surface area contributed by atoms with E-state index in [0.717, 1.165) is 11.5 Å². The van der Waals surface area contributed by atoms with Crippen molar-refractivity contribution in [1.82, 2.24) is 14.8 Å². The monoisotopic (exact) mass is 265 g/mol. The maximum Gasteiger partial charge on any atom is 0.231 e. The molecule has 7 nitrogen and oxygen atoms in total. The topological polar surface area (TPSA) is 103 Å². The van der Waals surface area contributed by atoms with Gasteiger partial charge in [-0.25, -0.2) is 0 Å². The number of nitrogens with two attached hydrogens (primary N) is 1. The van der Waals surface area contributed by atoms with Crippen LogP contribution in [0.1, 0.15) is 6.42 Å². The van der Waals surface area contributed by atoms with Gasteiger partial charge in [0.1, 0.15) is 5.75 Å². The molecule has 0 aliphatic rings. The number of nitrogens with zero attached hydrogens (tertiary/aromatic N) is 3. The molecule has 2 rings (SSSR count). The van der Waals surface area contributed by atoms with E-state index in [1.54, 1.807) is 24.3 Å². The Morgan fingerprint density at radius 3 is 2.83 bits per heavy atom. The van der Waals surface area contributed by atoms with Gasteiger partial charge in [0, 0.05) is 17.2 Å². The van der Waals surface area contributed by atoms with Gasteiger partial charge in [-0.15, -0.1) is 0 Å². The van der Waals surface area contributed by atoms with Gasteiger partial charge in [0.2, 0.25) is 11.0 Å².